The van der Waals surface area contributed by atoms with Gasteiger partial charge in [-0.25, -0.2) is 0 Å². The highest BCUT2D eigenvalue weighted by atomic mass is 16.5. The zero-order valence-electron chi connectivity index (χ0n) is 11.0. The summed E-state index contributed by atoms with van der Waals surface area (Å²) in [7, 11) is 0. The third-order valence-corrected chi connectivity index (χ3v) is 3.00. The van der Waals surface area contributed by atoms with Gasteiger partial charge in [-0.15, -0.1) is 0 Å². The molecule has 1 atom stereocenters. The van der Waals surface area contributed by atoms with E-state index in [1.54, 1.807) is 6.92 Å². The number of rotatable bonds is 2. The van der Waals surface area contributed by atoms with Crippen LogP contribution in [0.2, 0.25) is 0 Å². The van der Waals surface area contributed by atoms with E-state index in [9.17, 15) is 14.4 Å². The molecule has 1 amide bonds. The van der Waals surface area contributed by atoms with E-state index >= 15 is 0 Å². The number of aryl methyl sites for hydroxylation is 1. The Labute approximate surface area is 114 Å². The smallest absolute Gasteiger partial charge is 0.310 e. The van der Waals surface area contributed by atoms with Crippen LogP contribution in [0.25, 0.3) is 0 Å². The van der Waals surface area contributed by atoms with E-state index in [-0.39, 0.29) is 37.5 Å². The summed E-state index contributed by atoms with van der Waals surface area (Å²) in [5.74, 6) is -2.04. The van der Waals surface area contributed by atoms with Crippen molar-refractivity contribution >= 4 is 11.9 Å². The van der Waals surface area contributed by atoms with Crippen LogP contribution >= 0.6 is 0 Å². The second kappa shape index (κ2) is 5.87. The maximum atomic E-state index is 12.3. The number of carboxylic acids is 1. The molecule has 1 saturated heterocycles. The van der Waals surface area contributed by atoms with Crippen LogP contribution in [0.15, 0.2) is 21.3 Å². The van der Waals surface area contributed by atoms with E-state index in [0.29, 0.717) is 5.76 Å². The molecule has 1 unspecified atom stereocenters. The maximum Gasteiger partial charge on any atom is 0.310 e. The van der Waals surface area contributed by atoms with E-state index in [1.807, 2.05) is 0 Å². The molecule has 1 aromatic heterocycles. The highest BCUT2D eigenvalue weighted by molar-refractivity contribution is 5.91. The van der Waals surface area contributed by atoms with Crippen molar-refractivity contribution in [2.75, 3.05) is 26.3 Å². The Kier molecular flexibility index (Phi) is 4.19. The first-order valence-electron chi connectivity index (χ1n) is 6.19. The number of carboxylic acid groups (broad SMARTS) is 1. The SMILES string of the molecule is Cc1cc(=O)cc(C(=O)N2CCOCC(C(=O)O)C2)o1. The fourth-order valence-electron chi connectivity index (χ4n) is 2.01. The normalized spacial score (nSPS) is 19.4. The van der Waals surface area contributed by atoms with Crippen LogP contribution in [0.1, 0.15) is 16.3 Å². The van der Waals surface area contributed by atoms with Crippen LogP contribution in [0.3, 0.4) is 0 Å². The number of ether oxygens (including phenoxy) is 1. The Morgan fingerprint density at radius 1 is 1.40 bits per heavy atom. The van der Waals surface area contributed by atoms with Crippen molar-refractivity contribution < 1.29 is 23.8 Å². The predicted molar refractivity (Wildman–Crippen MR) is 67.6 cm³/mol. The number of carbonyl (C=O) groups excluding carboxylic acids is 1. The molecular weight excluding hydrogens is 266 g/mol. The fraction of sp³-hybridized carbons (Fsp3) is 0.462. The van der Waals surface area contributed by atoms with Crippen molar-refractivity contribution in [1.29, 1.82) is 0 Å². The van der Waals surface area contributed by atoms with E-state index in [1.165, 1.54) is 11.0 Å². The number of amides is 1. The standard InChI is InChI=1S/C13H15NO6/c1-8-4-10(15)5-11(20-8)12(16)14-2-3-19-7-9(6-14)13(17)18/h4-5,9H,2-3,6-7H2,1H3,(H,17,18). The van der Waals surface area contributed by atoms with Gasteiger partial charge in [-0.05, 0) is 6.92 Å². The molecule has 108 valence electrons. The van der Waals surface area contributed by atoms with Crippen LogP contribution < -0.4 is 5.43 Å². The van der Waals surface area contributed by atoms with Gasteiger partial charge in [0.25, 0.3) is 5.91 Å². The molecule has 0 spiro atoms. The van der Waals surface area contributed by atoms with Crippen molar-refractivity contribution in [3.63, 3.8) is 0 Å². The summed E-state index contributed by atoms with van der Waals surface area (Å²) in [4.78, 5) is 36.0. The molecule has 0 saturated carbocycles. The summed E-state index contributed by atoms with van der Waals surface area (Å²) >= 11 is 0. The van der Waals surface area contributed by atoms with Crippen LogP contribution in [0, 0.1) is 12.8 Å². The number of nitrogens with zero attached hydrogens (tertiary/aromatic N) is 1. The fourth-order valence-corrected chi connectivity index (χ4v) is 2.01. The minimum absolute atomic E-state index is 0.0336. The molecular formula is C13H15NO6. The molecule has 20 heavy (non-hydrogen) atoms. The van der Waals surface area contributed by atoms with Crippen LogP contribution in [-0.4, -0.2) is 48.2 Å². The van der Waals surface area contributed by atoms with Crippen molar-refractivity contribution in [2.24, 2.45) is 5.92 Å². The van der Waals surface area contributed by atoms with Gasteiger partial charge in [0.05, 0.1) is 19.1 Å². The Balaban J connectivity index is 2.22. The molecule has 1 aromatic rings. The topological polar surface area (TPSA) is 97.0 Å². The molecule has 2 heterocycles. The van der Waals surface area contributed by atoms with Crippen molar-refractivity contribution in [3.05, 3.63) is 33.9 Å². The summed E-state index contributed by atoms with van der Waals surface area (Å²) in [6.07, 6.45) is 0. The van der Waals surface area contributed by atoms with E-state index in [2.05, 4.69) is 0 Å². The first-order valence-corrected chi connectivity index (χ1v) is 6.19. The highest BCUT2D eigenvalue weighted by Gasteiger charge is 2.28. The second-order valence-corrected chi connectivity index (χ2v) is 4.63. The monoisotopic (exact) mass is 281 g/mol. The van der Waals surface area contributed by atoms with Gasteiger partial charge >= 0.3 is 5.97 Å². The first-order chi connectivity index (χ1) is 9.47. The van der Waals surface area contributed by atoms with Crippen LogP contribution in [0.5, 0.6) is 0 Å². The predicted octanol–water partition coefficient (Wildman–Crippen LogP) is 0.121. The van der Waals surface area contributed by atoms with E-state index in [4.69, 9.17) is 14.3 Å². The highest BCUT2D eigenvalue weighted by Crippen LogP contribution is 2.12. The maximum absolute atomic E-state index is 12.3. The zero-order chi connectivity index (χ0) is 14.7. The van der Waals surface area contributed by atoms with Gasteiger partial charge in [0.15, 0.2) is 11.2 Å². The van der Waals surface area contributed by atoms with Gasteiger partial charge < -0.3 is 19.2 Å². The summed E-state index contributed by atoms with van der Waals surface area (Å²) in [5, 5.41) is 9.03. The molecule has 7 heteroatoms. The molecule has 1 aliphatic heterocycles. The molecule has 0 aliphatic carbocycles. The van der Waals surface area contributed by atoms with Gasteiger partial charge in [-0.2, -0.15) is 0 Å². The molecule has 0 aromatic carbocycles. The largest absolute Gasteiger partial charge is 0.481 e. The number of hydrogen-bond acceptors (Lipinski definition) is 5. The molecule has 0 radical (unpaired) electrons. The second-order valence-electron chi connectivity index (χ2n) is 4.63. The summed E-state index contributed by atoms with van der Waals surface area (Å²) in [6.45, 7) is 2.19. The van der Waals surface area contributed by atoms with Gasteiger partial charge in [-0.1, -0.05) is 0 Å². The molecule has 2 rings (SSSR count). The zero-order valence-corrected chi connectivity index (χ0v) is 11.0. The lowest BCUT2D eigenvalue weighted by Gasteiger charge is -2.21. The molecule has 1 aliphatic rings. The lowest BCUT2D eigenvalue weighted by atomic mass is 10.1. The molecule has 1 fully saturated rings. The average molecular weight is 281 g/mol. The Hall–Kier alpha value is -2.15. The first kappa shape index (κ1) is 14.3. The van der Waals surface area contributed by atoms with Crippen LogP contribution in [0.4, 0.5) is 0 Å². The number of aliphatic carboxylic acids is 1. The molecule has 1 N–H and O–H groups in total. The molecule has 7 nitrogen and oxygen atoms in total. The minimum atomic E-state index is -1.02. The summed E-state index contributed by atoms with van der Waals surface area (Å²) < 4.78 is 10.4. The number of hydrogen-bond donors (Lipinski definition) is 1. The number of carbonyl (C=O) groups is 2. The van der Waals surface area contributed by atoms with Crippen molar-refractivity contribution in [3.8, 4) is 0 Å². The van der Waals surface area contributed by atoms with Crippen molar-refractivity contribution in [2.45, 2.75) is 6.92 Å². The van der Waals surface area contributed by atoms with Gasteiger partial charge in [0.2, 0.25) is 0 Å². The quantitative estimate of drug-likeness (QED) is 0.827. The van der Waals surface area contributed by atoms with E-state index < -0.39 is 17.8 Å². The summed E-state index contributed by atoms with van der Waals surface area (Å²) in [6, 6.07) is 2.39. The lowest BCUT2D eigenvalue weighted by Crippen LogP contribution is -2.38. The lowest BCUT2D eigenvalue weighted by molar-refractivity contribution is -0.143. The van der Waals surface area contributed by atoms with Gasteiger partial charge in [0.1, 0.15) is 5.76 Å². The Bertz CT molecular complexity index is 578. The summed E-state index contributed by atoms with van der Waals surface area (Å²) in [5.41, 5.74) is -0.321. The Morgan fingerprint density at radius 2 is 2.15 bits per heavy atom. The average Bonchev–Trinajstić information content (AvgIpc) is 2.62. The van der Waals surface area contributed by atoms with Gasteiger partial charge in [-0.3, -0.25) is 14.4 Å². The van der Waals surface area contributed by atoms with E-state index in [0.717, 1.165) is 6.07 Å². The third-order valence-electron chi connectivity index (χ3n) is 3.00. The van der Waals surface area contributed by atoms with Gasteiger partial charge in [0, 0.05) is 25.2 Å². The van der Waals surface area contributed by atoms with Crippen molar-refractivity contribution in [1.82, 2.24) is 4.90 Å². The van der Waals surface area contributed by atoms with Crippen LogP contribution in [-0.2, 0) is 9.53 Å². The third kappa shape index (κ3) is 3.24. The molecule has 0 bridgehead atoms. The Morgan fingerprint density at radius 3 is 2.80 bits per heavy atom. The minimum Gasteiger partial charge on any atom is -0.481 e.